The van der Waals surface area contributed by atoms with Crippen LogP contribution in [0.5, 0.6) is 5.75 Å². The van der Waals surface area contributed by atoms with E-state index in [4.69, 9.17) is 76.8 Å². The summed E-state index contributed by atoms with van der Waals surface area (Å²) in [6.45, 7) is 20.1. The Hall–Kier alpha value is -7.68. The number of anilines is 1. The Kier molecular flexibility index (Phi) is 46.3. The number of hydrogen-bond donors (Lipinski definition) is 4. The SMILES string of the molecule is CO[C@H]1C[C@@H]2CC[C@@H](C)[C@@](O)(O2)C(=O)C(=O)N2CCCC[C@H]2C(=O)O[C@H]([C@H](C)C[C@@H]2CC[C@@H](OC(=O)CCCOCCOCCOCCOCCOCCOCCOCCOCCC(=O)CCCS(=O)(=O)c3ccc(C(=O)N4CCOc5ccc(-c6ccc(N)nc6)cc5C4)c(C)c3F)[C@H](OC)C2)C[C@@H](O)[C@H](C)/C=C(\C)[C@@H](O)[C@@H](OC)C(=O)[C@H](C)C[C@H](C)/C=C/C=C/C=C/1C. The number of ether oxygens (including phenoxy) is 15. The molecule has 1 aromatic heterocycles. The van der Waals surface area contributed by atoms with Crippen molar-refractivity contribution >= 4 is 56.8 Å². The number of aromatic nitrogens is 1. The number of fused-ring (bicyclic) bond motifs is 4. The molecule has 2 saturated heterocycles. The summed E-state index contributed by atoms with van der Waals surface area (Å²) in [5, 5.41) is 35.9. The lowest BCUT2D eigenvalue weighted by atomic mass is 9.78. The highest BCUT2D eigenvalue weighted by Gasteiger charge is 2.53. The Bertz CT molecular complexity index is 4300. The van der Waals surface area contributed by atoms with Crippen molar-refractivity contribution in [1.82, 2.24) is 14.8 Å². The van der Waals surface area contributed by atoms with E-state index in [1.165, 1.54) is 25.0 Å². The van der Waals surface area contributed by atoms with E-state index in [1.54, 1.807) is 58.2 Å². The van der Waals surface area contributed by atoms with E-state index in [9.17, 15) is 57.3 Å². The molecule has 4 aliphatic heterocycles. The summed E-state index contributed by atoms with van der Waals surface area (Å²) in [6.07, 6.45) is 11.9. The Morgan fingerprint density at radius 3 is 1.95 bits per heavy atom. The van der Waals surface area contributed by atoms with E-state index in [1.807, 2.05) is 82.3 Å². The number of carbonyl (C=O) groups is 7. The molecular weight excluding hydrogens is 1700 g/mol. The van der Waals surface area contributed by atoms with Gasteiger partial charge in [-0.15, -0.1) is 0 Å². The van der Waals surface area contributed by atoms with Gasteiger partial charge in [-0.2, -0.15) is 0 Å². The summed E-state index contributed by atoms with van der Waals surface area (Å²) in [6, 6.07) is 10.4. The first kappa shape index (κ1) is 108. The van der Waals surface area contributed by atoms with Crippen molar-refractivity contribution in [3.05, 3.63) is 119 Å². The molecule has 3 fully saturated rings. The fourth-order valence-electron chi connectivity index (χ4n) is 17.1. The highest BCUT2D eigenvalue weighted by molar-refractivity contribution is 7.91. The maximum Gasteiger partial charge on any atom is 0.329 e. The van der Waals surface area contributed by atoms with Crippen molar-refractivity contribution < 1.29 is 133 Å². The third kappa shape index (κ3) is 33.7. The van der Waals surface area contributed by atoms with E-state index in [0.717, 1.165) is 28.3 Å². The number of allylic oxidation sites excluding steroid dienone is 5. The molecule has 33 heteroatoms. The molecule has 2 bridgehead atoms. The number of ketones is 3. The fourth-order valence-corrected chi connectivity index (χ4v) is 18.5. The number of sulfone groups is 1. The van der Waals surface area contributed by atoms with Crippen LogP contribution in [0.25, 0.3) is 11.1 Å². The minimum Gasteiger partial charge on any atom is -0.491 e. The number of esters is 2. The molecule has 130 heavy (non-hydrogen) atoms. The number of aliphatic hydroxyl groups is 3. The zero-order valence-corrected chi connectivity index (χ0v) is 78.8. The predicted molar refractivity (Wildman–Crippen MR) is 482 cm³/mol. The van der Waals surface area contributed by atoms with Gasteiger partial charge in [0.05, 0.1) is 136 Å². The lowest BCUT2D eigenvalue weighted by Crippen LogP contribution is -2.61. The summed E-state index contributed by atoms with van der Waals surface area (Å²) < 4.78 is 129. The number of methoxy groups -OCH3 is 3. The van der Waals surface area contributed by atoms with Gasteiger partial charge in [0.15, 0.2) is 15.6 Å². The Balaban J connectivity index is 0.645. The van der Waals surface area contributed by atoms with Crippen LogP contribution in [0, 0.1) is 48.2 Å². The lowest BCUT2D eigenvalue weighted by Gasteiger charge is -2.43. The number of amides is 2. The van der Waals surface area contributed by atoms with Crippen molar-refractivity contribution in [3.63, 3.8) is 0 Å². The highest BCUT2D eigenvalue weighted by atomic mass is 32.2. The maximum absolute atomic E-state index is 15.8. The van der Waals surface area contributed by atoms with Gasteiger partial charge in [0.1, 0.15) is 65.1 Å². The second-order valence-corrected chi connectivity index (χ2v) is 37.0. The molecule has 8 rings (SSSR count). The molecule has 0 radical (unpaired) electrons. The van der Waals surface area contributed by atoms with Gasteiger partial charge >= 0.3 is 11.9 Å². The Morgan fingerprint density at radius 1 is 0.677 bits per heavy atom. The van der Waals surface area contributed by atoms with Crippen LogP contribution in [0.15, 0.2) is 101 Å². The highest BCUT2D eigenvalue weighted by Crippen LogP contribution is 2.40. The summed E-state index contributed by atoms with van der Waals surface area (Å²) in [4.78, 5) is 104. The van der Waals surface area contributed by atoms with Crippen LogP contribution in [0.3, 0.4) is 0 Å². The molecule has 5 N–H and O–H groups in total. The van der Waals surface area contributed by atoms with E-state index >= 15 is 4.39 Å². The minimum atomic E-state index is -4.13. The second kappa shape index (κ2) is 55.9. The summed E-state index contributed by atoms with van der Waals surface area (Å²) >= 11 is 0. The maximum atomic E-state index is 15.8. The van der Waals surface area contributed by atoms with Crippen molar-refractivity contribution in [3.8, 4) is 16.9 Å². The van der Waals surface area contributed by atoms with Gasteiger partial charge in [-0.1, -0.05) is 77.1 Å². The minimum absolute atomic E-state index is 0.0108. The lowest BCUT2D eigenvalue weighted by molar-refractivity contribution is -0.265. The molecule has 31 nitrogen and oxygen atoms in total. The van der Waals surface area contributed by atoms with Gasteiger partial charge in [0.25, 0.3) is 17.6 Å². The number of hydrogen-bond acceptors (Lipinski definition) is 29. The molecule has 16 atom stereocenters. The van der Waals surface area contributed by atoms with E-state index < -0.39 is 128 Å². The summed E-state index contributed by atoms with van der Waals surface area (Å²) in [7, 11) is 0.399. The number of nitrogens with two attached hydrogens (primary N) is 1. The van der Waals surface area contributed by atoms with Crippen LogP contribution in [0.4, 0.5) is 10.2 Å². The zero-order chi connectivity index (χ0) is 94.3. The number of benzene rings is 2. The number of cyclic esters (lactones) is 1. The van der Waals surface area contributed by atoms with Crippen molar-refractivity contribution in [2.75, 3.05) is 158 Å². The standard InChI is InChI=1S/C97H143FN4O27S/c1-64-19-13-12-14-20-65(2)83(115-9)60-77-28-24-70(7)97(112,129-77)93(108)95(110)102-35-16-15-22-79(102)96(111)128-84(61-80(104)66(3)56-69(6)91(107)92(117-11)90(106)68(5)55-64)67(4)57-72-25-30-82(85(58-72)116-10)127-88(105)23-17-37-118-40-42-120-44-46-122-48-50-124-52-53-125-51-49-123-47-45-121-43-41-119-38-34-76(103)21-18-54-130(113,114)86-32-29-78(71(8)89(86)98)94(109)101-36-39-126-81-31-26-73(59-75(81)63-101)74-27-33-87(99)100-62-74/h12-14,19-20,26-27,29,31-33,56,59,62,64,66-68,70,72,77,79-80,82-85,91-92,104,107,112H,15-18,21-25,28,30,34-55,57-58,60-61,63H2,1-11H3,(H2,99,100)/b14-12+,19-13+,65-20+,69-56+/t64-,66-,67-,68-,70-,72+,77+,79+,80-,82-,83+,84+,85-,91-,92+,97-/m1/s1. The van der Waals surface area contributed by atoms with Crippen molar-refractivity contribution in [1.29, 1.82) is 0 Å². The zero-order valence-electron chi connectivity index (χ0n) is 78.0. The molecule has 2 aromatic carbocycles. The number of aliphatic hydroxyl groups excluding tert-OH is 2. The molecule has 3 aromatic rings. The van der Waals surface area contributed by atoms with Gasteiger partial charge in [-0.3, -0.25) is 28.8 Å². The molecule has 726 valence electrons. The molecule has 0 unspecified atom stereocenters. The third-order valence-corrected chi connectivity index (χ3v) is 26.8. The van der Waals surface area contributed by atoms with Gasteiger partial charge < -0.3 is 102 Å². The summed E-state index contributed by atoms with van der Waals surface area (Å²) in [5.74, 6) is -9.42. The van der Waals surface area contributed by atoms with Crippen LogP contribution in [0.2, 0.25) is 0 Å². The van der Waals surface area contributed by atoms with Crippen molar-refractivity contribution in [2.45, 2.75) is 237 Å². The number of rotatable bonds is 42. The van der Waals surface area contributed by atoms with E-state index in [2.05, 4.69) is 4.98 Å². The number of halogens is 1. The molecule has 0 spiro atoms. The molecule has 2 amide bonds. The van der Waals surface area contributed by atoms with Gasteiger partial charge in [0, 0.05) is 114 Å². The number of pyridine rings is 1. The predicted octanol–water partition coefficient (Wildman–Crippen LogP) is 10.8. The van der Waals surface area contributed by atoms with Crippen LogP contribution >= 0.6 is 0 Å². The number of piperidine rings is 1. The van der Waals surface area contributed by atoms with Gasteiger partial charge in [-0.25, -0.2) is 22.6 Å². The molecule has 5 heterocycles. The fraction of sp³-hybridized carbons (Fsp3) is 0.670. The molecule has 1 saturated carbocycles. The normalized spacial score (nSPS) is 27.3. The van der Waals surface area contributed by atoms with Crippen LogP contribution in [-0.4, -0.2) is 293 Å². The van der Waals surface area contributed by atoms with Crippen LogP contribution in [-0.2, 0) is 111 Å². The first-order valence-electron chi connectivity index (χ1n) is 46.1. The van der Waals surface area contributed by atoms with E-state index in [-0.39, 0.29) is 137 Å². The largest absolute Gasteiger partial charge is 0.491 e. The number of nitrogens with zero attached hydrogens (tertiary/aromatic N) is 3. The summed E-state index contributed by atoms with van der Waals surface area (Å²) in [5.41, 5.74) is 9.40. The first-order valence-corrected chi connectivity index (χ1v) is 47.8. The average molecular weight is 1850 g/mol. The molecule has 1 aliphatic carbocycles. The number of carbonyl (C=O) groups excluding carboxylic acids is 7. The third-order valence-electron chi connectivity index (χ3n) is 25.0. The first-order chi connectivity index (χ1) is 62.4. The topological polar surface area (TPSA) is 398 Å². The van der Waals surface area contributed by atoms with Gasteiger partial charge in [0.2, 0.25) is 5.79 Å². The van der Waals surface area contributed by atoms with Gasteiger partial charge in [-0.05, 0) is 174 Å². The Morgan fingerprint density at radius 2 is 1.32 bits per heavy atom. The van der Waals surface area contributed by atoms with E-state index in [0.29, 0.717) is 167 Å². The van der Waals surface area contributed by atoms with Crippen molar-refractivity contribution in [2.24, 2.45) is 35.5 Å². The molecular formula is C97H143FN4O27S. The monoisotopic (exact) mass is 1850 g/mol. The average Bonchev–Trinajstić information content (AvgIpc) is 1.28. The number of Topliss-reactive ketones (excluding diaryl/α,β-unsaturated/α-hetero) is 3. The van der Waals surface area contributed by atoms with Crippen LogP contribution < -0.4 is 10.5 Å². The van der Waals surface area contributed by atoms with Crippen LogP contribution in [0.1, 0.15) is 179 Å². The molecule has 5 aliphatic rings. The number of nitrogen functional groups attached to an aromatic ring is 1. The quantitative estimate of drug-likeness (QED) is 0.0177. The smallest absolute Gasteiger partial charge is 0.329 e. The Labute approximate surface area is 766 Å². The second-order valence-electron chi connectivity index (χ2n) is 34.9.